The number of halogens is 1. The summed E-state index contributed by atoms with van der Waals surface area (Å²) < 4.78 is 28.4. The molecule has 25 heavy (non-hydrogen) atoms. The van der Waals surface area contributed by atoms with Gasteiger partial charge in [-0.15, -0.1) is 24.0 Å². The second-order valence-electron chi connectivity index (χ2n) is 6.32. The van der Waals surface area contributed by atoms with Crippen LogP contribution in [-0.4, -0.2) is 62.0 Å². The van der Waals surface area contributed by atoms with Gasteiger partial charge in [-0.1, -0.05) is 6.42 Å². The highest BCUT2D eigenvalue weighted by Crippen LogP contribution is 2.25. The molecule has 0 amide bonds. The standard InChI is InChI=1S/C15H28N6O2S.HI/c1-16-15(20(2)11-14-9-18-21(3)12-14)17-7-8-24(22,23)19-10-13-5-4-6-13;/h9,12-13,19H,4-8,10-11H2,1-3H3,(H,16,17);1H. The van der Waals surface area contributed by atoms with Crippen molar-refractivity contribution in [3.8, 4) is 0 Å². The zero-order valence-electron chi connectivity index (χ0n) is 15.1. The number of nitrogens with zero attached hydrogens (tertiary/aromatic N) is 4. The Kier molecular flexibility index (Phi) is 9.14. The summed E-state index contributed by atoms with van der Waals surface area (Å²) >= 11 is 0. The van der Waals surface area contributed by atoms with Crippen molar-refractivity contribution in [3.63, 3.8) is 0 Å². The first-order valence-electron chi connectivity index (χ1n) is 8.26. The van der Waals surface area contributed by atoms with E-state index in [0.29, 0.717) is 31.5 Å². The molecule has 0 aliphatic heterocycles. The van der Waals surface area contributed by atoms with Crippen molar-refractivity contribution >= 4 is 40.0 Å². The minimum Gasteiger partial charge on any atom is -0.355 e. The Bertz CT molecular complexity index is 657. The first-order chi connectivity index (χ1) is 11.4. The van der Waals surface area contributed by atoms with Crippen LogP contribution in [0.4, 0.5) is 0 Å². The van der Waals surface area contributed by atoms with Crippen LogP contribution in [0.25, 0.3) is 0 Å². The van der Waals surface area contributed by atoms with Crippen LogP contribution in [0.3, 0.4) is 0 Å². The van der Waals surface area contributed by atoms with Gasteiger partial charge < -0.3 is 10.2 Å². The number of aryl methyl sites for hydroxylation is 1. The van der Waals surface area contributed by atoms with Crippen molar-refractivity contribution < 1.29 is 8.42 Å². The normalized spacial score (nSPS) is 15.4. The predicted molar refractivity (Wildman–Crippen MR) is 111 cm³/mol. The van der Waals surface area contributed by atoms with Crippen LogP contribution in [0.2, 0.25) is 0 Å². The second kappa shape index (κ2) is 10.3. The molecule has 2 rings (SSSR count). The second-order valence-corrected chi connectivity index (χ2v) is 8.24. The number of rotatable bonds is 8. The van der Waals surface area contributed by atoms with Gasteiger partial charge in [-0.2, -0.15) is 5.10 Å². The van der Waals surface area contributed by atoms with Gasteiger partial charge in [0, 0.05) is 52.5 Å². The molecule has 1 fully saturated rings. The molecule has 10 heteroatoms. The van der Waals surface area contributed by atoms with Crippen molar-refractivity contribution in [1.82, 2.24) is 24.7 Å². The lowest BCUT2D eigenvalue weighted by molar-refractivity contribution is 0.316. The SMILES string of the molecule is CN=C(NCCS(=O)(=O)NCC1CCC1)N(C)Cc1cnn(C)c1.I. The lowest BCUT2D eigenvalue weighted by Gasteiger charge is -2.25. The summed E-state index contributed by atoms with van der Waals surface area (Å²) in [5.74, 6) is 1.22. The molecule has 0 radical (unpaired) electrons. The lowest BCUT2D eigenvalue weighted by Crippen LogP contribution is -2.42. The van der Waals surface area contributed by atoms with E-state index in [1.807, 2.05) is 25.2 Å². The van der Waals surface area contributed by atoms with E-state index in [0.717, 1.165) is 18.4 Å². The van der Waals surface area contributed by atoms with Gasteiger partial charge in [0.05, 0.1) is 11.9 Å². The Hall–Kier alpha value is -0.880. The van der Waals surface area contributed by atoms with Crippen LogP contribution in [0.5, 0.6) is 0 Å². The summed E-state index contributed by atoms with van der Waals surface area (Å²) in [6.07, 6.45) is 7.23. The third-order valence-corrected chi connectivity index (χ3v) is 5.57. The minimum atomic E-state index is -3.24. The average molecular weight is 484 g/mol. The van der Waals surface area contributed by atoms with Gasteiger partial charge in [0.15, 0.2) is 5.96 Å². The molecule has 0 saturated heterocycles. The van der Waals surface area contributed by atoms with E-state index in [1.165, 1.54) is 6.42 Å². The van der Waals surface area contributed by atoms with Crippen molar-refractivity contribution in [3.05, 3.63) is 18.0 Å². The first-order valence-corrected chi connectivity index (χ1v) is 9.91. The molecule has 2 N–H and O–H groups in total. The van der Waals surface area contributed by atoms with Gasteiger partial charge in [0.1, 0.15) is 0 Å². The molecule has 1 heterocycles. The molecule has 0 aromatic carbocycles. The van der Waals surface area contributed by atoms with Gasteiger partial charge in [0.25, 0.3) is 0 Å². The van der Waals surface area contributed by atoms with Crippen molar-refractivity contribution in [1.29, 1.82) is 0 Å². The van der Waals surface area contributed by atoms with E-state index in [-0.39, 0.29) is 29.7 Å². The highest BCUT2D eigenvalue weighted by molar-refractivity contribution is 14.0. The molecule has 0 bridgehead atoms. The first kappa shape index (κ1) is 22.2. The fraction of sp³-hybridized carbons (Fsp3) is 0.733. The minimum absolute atomic E-state index is 0. The summed E-state index contributed by atoms with van der Waals surface area (Å²) in [7, 11) is 2.23. The number of hydrogen-bond donors (Lipinski definition) is 2. The molecule has 0 atom stereocenters. The number of sulfonamides is 1. The Morgan fingerprint density at radius 3 is 2.72 bits per heavy atom. The number of hydrogen-bond acceptors (Lipinski definition) is 4. The largest absolute Gasteiger partial charge is 0.355 e. The molecule has 1 aromatic heterocycles. The Morgan fingerprint density at radius 1 is 1.48 bits per heavy atom. The molecule has 144 valence electrons. The van der Waals surface area contributed by atoms with E-state index >= 15 is 0 Å². The highest BCUT2D eigenvalue weighted by Gasteiger charge is 2.20. The highest BCUT2D eigenvalue weighted by atomic mass is 127. The van der Waals surface area contributed by atoms with Crippen molar-refractivity contribution in [2.75, 3.05) is 32.9 Å². The summed E-state index contributed by atoms with van der Waals surface area (Å²) in [6, 6.07) is 0. The van der Waals surface area contributed by atoms with Crippen molar-refractivity contribution in [2.24, 2.45) is 18.0 Å². The molecule has 1 aliphatic carbocycles. The quantitative estimate of drug-likeness (QED) is 0.323. The van der Waals surface area contributed by atoms with Crippen LogP contribution in [0, 0.1) is 5.92 Å². The van der Waals surface area contributed by atoms with Crippen LogP contribution < -0.4 is 10.0 Å². The summed E-state index contributed by atoms with van der Waals surface area (Å²) in [4.78, 5) is 6.13. The number of aliphatic imine (C=N–C) groups is 1. The zero-order valence-corrected chi connectivity index (χ0v) is 18.3. The lowest BCUT2D eigenvalue weighted by atomic mass is 9.86. The van der Waals surface area contributed by atoms with Crippen LogP contribution in [-0.2, 0) is 23.6 Å². The zero-order chi connectivity index (χ0) is 17.6. The summed E-state index contributed by atoms with van der Waals surface area (Å²) in [5, 5.41) is 7.24. The molecule has 1 aliphatic rings. The Morgan fingerprint density at radius 2 is 2.20 bits per heavy atom. The molecule has 8 nitrogen and oxygen atoms in total. The van der Waals surface area contributed by atoms with Gasteiger partial charge in [-0.05, 0) is 18.8 Å². The van der Waals surface area contributed by atoms with E-state index < -0.39 is 10.0 Å². The van der Waals surface area contributed by atoms with Crippen LogP contribution >= 0.6 is 24.0 Å². The van der Waals surface area contributed by atoms with Gasteiger partial charge in [-0.25, -0.2) is 13.1 Å². The smallest absolute Gasteiger partial charge is 0.213 e. The topological polar surface area (TPSA) is 91.6 Å². The fourth-order valence-corrected chi connectivity index (χ4v) is 3.60. The summed E-state index contributed by atoms with van der Waals surface area (Å²) in [6.45, 7) is 1.54. The molecule has 1 aromatic rings. The maximum Gasteiger partial charge on any atom is 0.213 e. The summed E-state index contributed by atoms with van der Waals surface area (Å²) in [5.41, 5.74) is 1.07. The molecular weight excluding hydrogens is 455 g/mol. The maximum atomic E-state index is 12.0. The molecular formula is C15H29IN6O2S. The molecule has 1 saturated carbocycles. The van der Waals surface area contributed by atoms with Gasteiger partial charge in [0.2, 0.25) is 10.0 Å². The van der Waals surface area contributed by atoms with E-state index in [4.69, 9.17) is 0 Å². The van der Waals surface area contributed by atoms with E-state index in [2.05, 4.69) is 20.1 Å². The Labute approximate surface area is 167 Å². The number of nitrogens with one attached hydrogen (secondary N) is 2. The number of aromatic nitrogens is 2. The monoisotopic (exact) mass is 484 g/mol. The third-order valence-electron chi connectivity index (χ3n) is 4.22. The van der Waals surface area contributed by atoms with Gasteiger partial charge >= 0.3 is 0 Å². The van der Waals surface area contributed by atoms with Crippen LogP contribution in [0.1, 0.15) is 24.8 Å². The predicted octanol–water partition coefficient (Wildman–Crippen LogP) is 0.765. The average Bonchev–Trinajstić information content (AvgIpc) is 2.86. The van der Waals surface area contributed by atoms with Crippen LogP contribution in [0.15, 0.2) is 17.4 Å². The van der Waals surface area contributed by atoms with E-state index in [1.54, 1.807) is 17.9 Å². The third kappa shape index (κ3) is 7.48. The fourth-order valence-electron chi connectivity index (χ4n) is 2.60. The molecule has 0 spiro atoms. The molecule has 0 unspecified atom stereocenters. The Balaban J connectivity index is 0.00000312. The van der Waals surface area contributed by atoms with Crippen molar-refractivity contribution in [2.45, 2.75) is 25.8 Å². The van der Waals surface area contributed by atoms with E-state index in [9.17, 15) is 8.42 Å². The van der Waals surface area contributed by atoms with Gasteiger partial charge in [-0.3, -0.25) is 9.67 Å². The number of guanidine groups is 1. The maximum absolute atomic E-state index is 12.0.